The highest BCUT2D eigenvalue weighted by Gasteiger charge is 2.37. The number of carbonyl (C=O) groups excluding carboxylic acids is 2. The van der Waals surface area contributed by atoms with Crippen LogP contribution in [0.1, 0.15) is 19.3 Å². The van der Waals surface area contributed by atoms with Gasteiger partial charge >= 0.3 is 0 Å². The van der Waals surface area contributed by atoms with Crippen LogP contribution in [0.2, 0.25) is 0 Å². The Bertz CT molecular complexity index is 549. The van der Waals surface area contributed by atoms with Gasteiger partial charge in [-0.25, -0.2) is 0 Å². The SMILES string of the molecule is NC[C@H]1CC[C@@H](C(=O)NC2CCN(c3ccccc3)C2=O)O1. The fraction of sp³-hybridized carbons (Fsp3) is 0.500. The lowest BCUT2D eigenvalue weighted by molar-refractivity contribution is -0.134. The van der Waals surface area contributed by atoms with E-state index in [1.165, 1.54) is 0 Å². The first-order valence-corrected chi connectivity index (χ1v) is 7.71. The van der Waals surface area contributed by atoms with E-state index in [1.54, 1.807) is 4.90 Å². The van der Waals surface area contributed by atoms with Crippen LogP contribution in [0.4, 0.5) is 5.69 Å². The molecule has 0 spiro atoms. The van der Waals surface area contributed by atoms with Crippen LogP contribution in [0.5, 0.6) is 0 Å². The largest absolute Gasteiger partial charge is 0.364 e. The van der Waals surface area contributed by atoms with Crippen LogP contribution in [0.3, 0.4) is 0 Å². The molecule has 2 aliphatic rings. The number of carbonyl (C=O) groups is 2. The molecule has 0 aromatic heterocycles. The van der Waals surface area contributed by atoms with Crippen LogP contribution in [0.15, 0.2) is 30.3 Å². The van der Waals surface area contributed by atoms with Gasteiger partial charge in [0.2, 0.25) is 11.8 Å². The number of nitrogens with two attached hydrogens (primary N) is 1. The molecule has 2 heterocycles. The van der Waals surface area contributed by atoms with E-state index in [0.717, 1.165) is 12.1 Å². The molecular weight excluding hydrogens is 282 g/mol. The van der Waals surface area contributed by atoms with Gasteiger partial charge in [-0.3, -0.25) is 9.59 Å². The van der Waals surface area contributed by atoms with Crippen molar-refractivity contribution >= 4 is 17.5 Å². The molecule has 118 valence electrons. The zero-order valence-electron chi connectivity index (χ0n) is 12.4. The maximum Gasteiger partial charge on any atom is 0.249 e. The summed E-state index contributed by atoms with van der Waals surface area (Å²) in [5.41, 5.74) is 6.41. The number of anilines is 1. The van der Waals surface area contributed by atoms with Crippen molar-refractivity contribution in [3.63, 3.8) is 0 Å². The summed E-state index contributed by atoms with van der Waals surface area (Å²) in [5.74, 6) is -0.267. The van der Waals surface area contributed by atoms with E-state index in [-0.39, 0.29) is 17.9 Å². The van der Waals surface area contributed by atoms with E-state index in [2.05, 4.69) is 5.32 Å². The van der Waals surface area contributed by atoms with E-state index >= 15 is 0 Å². The zero-order chi connectivity index (χ0) is 15.5. The maximum absolute atomic E-state index is 12.4. The molecule has 0 aliphatic carbocycles. The van der Waals surface area contributed by atoms with E-state index in [9.17, 15) is 9.59 Å². The van der Waals surface area contributed by atoms with Crippen molar-refractivity contribution < 1.29 is 14.3 Å². The summed E-state index contributed by atoms with van der Waals surface area (Å²) in [6.07, 6.45) is 1.55. The standard InChI is InChI=1S/C16H21N3O3/c17-10-12-6-7-14(22-12)15(20)18-13-8-9-19(16(13)21)11-4-2-1-3-5-11/h1-5,12-14H,6-10,17H2,(H,18,20)/t12-,13?,14+/m1/s1. The summed E-state index contributed by atoms with van der Waals surface area (Å²) in [6, 6.07) is 9.03. The van der Waals surface area contributed by atoms with Gasteiger partial charge in [-0.2, -0.15) is 0 Å². The minimum atomic E-state index is -0.480. The molecule has 2 fully saturated rings. The second-order valence-corrected chi connectivity index (χ2v) is 5.74. The van der Waals surface area contributed by atoms with Crippen LogP contribution in [0, 0.1) is 0 Å². The number of nitrogens with zero attached hydrogens (tertiary/aromatic N) is 1. The molecule has 2 saturated heterocycles. The fourth-order valence-corrected chi connectivity index (χ4v) is 3.01. The Hall–Kier alpha value is -1.92. The molecule has 22 heavy (non-hydrogen) atoms. The van der Waals surface area contributed by atoms with E-state index in [0.29, 0.717) is 25.9 Å². The second kappa shape index (κ2) is 6.46. The van der Waals surface area contributed by atoms with Gasteiger partial charge in [0.25, 0.3) is 0 Å². The third kappa shape index (κ3) is 2.98. The normalized spacial score (nSPS) is 28.1. The first-order valence-electron chi connectivity index (χ1n) is 7.71. The Balaban J connectivity index is 1.58. The van der Waals surface area contributed by atoms with Crippen molar-refractivity contribution in [1.29, 1.82) is 0 Å². The molecule has 0 saturated carbocycles. The average Bonchev–Trinajstić information content (AvgIpc) is 3.16. The van der Waals surface area contributed by atoms with Crippen LogP contribution in [-0.4, -0.2) is 43.2 Å². The number of para-hydroxylation sites is 1. The number of benzene rings is 1. The Morgan fingerprint density at radius 2 is 2.05 bits per heavy atom. The average molecular weight is 303 g/mol. The Kier molecular flexibility index (Phi) is 4.40. The van der Waals surface area contributed by atoms with E-state index in [4.69, 9.17) is 10.5 Å². The molecule has 1 aromatic rings. The summed E-state index contributed by atoms with van der Waals surface area (Å²) < 4.78 is 5.57. The molecular formula is C16H21N3O3. The highest BCUT2D eigenvalue weighted by molar-refractivity contribution is 6.01. The Morgan fingerprint density at radius 3 is 2.73 bits per heavy atom. The van der Waals surface area contributed by atoms with Crippen molar-refractivity contribution in [2.45, 2.75) is 37.5 Å². The van der Waals surface area contributed by atoms with Crippen molar-refractivity contribution in [3.8, 4) is 0 Å². The Labute approximate surface area is 129 Å². The number of amides is 2. The summed E-state index contributed by atoms with van der Waals surface area (Å²) in [6.45, 7) is 1.04. The number of rotatable bonds is 4. The number of hydrogen-bond acceptors (Lipinski definition) is 4. The molecule has 0 bridgehead atoms. The number of hydrogen-bond donors (Lipinski definition) is 2. The summed E-state index contributed by atoms with van der Waals surface area (Å²) >= 11 is 0. The molecule has 0 radical (unpaired) electrons. The van der Waals surface area contributed by atoms with Crippen LogP contribution >= 0.6 is 0 Å². The minimum Gasteiger partial charge on any atom is -0.364 e. The molecule has 6 heteroatoms. The van der Waals surface area contributed by atoms with Crippen LogP contribution < -0.4 is 16.0 Å². The van der Waals surface area contributed by atoms with E-state index in [1.807, 2.05) is 30.3 Å². The van der Waals surface area contributed by atoms with Gasteiger partial charge in [0.1, 0.15) is 12.1 Å². The third-order valence-corrected chi connectivity index (χ3v) is 4.25. The van der Waals surface area contributed by atoms with Crippen LogP contribution in [-0.2, 0) is 14.3 Å². The van der Waals surface area contributed by atoms with Crippen molar-refractivity contribution in [3.05, 3.63) is 30.3 Å². The summed E-state index contributed by atoms with van der Waals surface area (Å²) in [4.78, 5) is 26.3. The van der Waals surface area contributed by atoms with Crippen LogP contribution in [0.25, 0.3) is 0 Å². The highest BCUT2D eigenvalue weighted by atomic mass is 16.5. The third-order valence-electron chi connectivity index (χ3n) is 4.25. The first kappa shape index (κ1) is 15.0. The Morgan fingerprint density at radius 1 is 1.27 bits per heavy atom. The van der Waals surface area contributed by atoms with Gasteiger partial charge in [-0.1, -0.05) is 18.2 Å². The number of ether oxygens (including phenoxy) is 1. The summed E-state index contributed by atoms with van der Waals surface area (Å²) in [7, 11) is 0. The molecule has 6 nitrogen and oxygen atoms in total. The van der Waals surface area contributed by atoms with Crippen molar-refractivity contribution in [1.82, 2.24) is 5.32 Å². The predicted octanol–water partition coefficient (Wildman–Crippen LogP) is 0.414. The van der Waals surface area contributed by atoms with Gasteiger partial charge in [0.15, 0.2) is 0 Å². The second-order valence-electron chi connectivity index (χ2n) is 5.74. The molecule has 1 unspecified atom stereocenters. The van der Waals surface area contributed by atoms with Gasteiger partial charge < -0.3 is 20.7 Å². The molecule has 3 rings (SSSR count). The maximum atomic E-state index is 12.4. The lowest BCUT2D eigenvalue weighted by atomic mass is 10.1. The van der Waals surface area contributed by atoms with Crippen molar-refractivity contribution in [2.75, 3.05) is 18.0 Å². The monoisotopic (exact) mass is 303 g/mol. The molecule has 3 N–H and O–H groups in total. The smallest absolute Gasteiger partial charge is 0.249 e. The molecule has 1 aromatic carbocycles. The fourth-order valence-electron chi connectivity index (χ4n) is 3.01. The minimum absolute atomic E-state index is 0.0455. The van der Waals surface area contributed by atoms with Crippen molar-refractivity contribution in [2.24, 2.45) is 5.73 Å². The quantitative estimate of drug-likeness (QED) is 0.844. The highest BCUT2D eigenvalue weighted by Crippen LogP contribution is 2.23. The predicted molar refractivity (Wildman–Crippen MR) is 82.3 cm³/mol. The lowest BCUT2D eigenvalue weighted by Crippen LogP contribution is -2.45. The molecule has 3 atom stereocenters. The van der Waals surface area contributed by atoms with Gasteiger partial charge in [0.05, 0.1) is 6.10 Å². The first-order chi connectivity index (χ1) is 10.7. The topological polar surface area (TPSA) is 84.7 Å². The van der Waals surface area contributed by atoms with Gasteiger partial charge in [-0.15, -0.1) is 0 Å². The summed E-state index contributed by atoms with van der Waals surface area (Å²) in [5, 5.41) is 2.82. The number of nitrogens with one attached hydrogen (secondary N) is 1. The lowest BCUT2D eigenvalue weighted by Gasteiger charge is -2.18. The van der Waals surface area contributed by atoms with E-state index < -0.39 is 12.1 Å². The molecule has 2 aliphatic heterocycles. The zero-order valence-corrected chi connectivity index (χ0v) is 12.4. The molecule has 2 amide bonds. The van der Waals surface area contributed by atoms with Gasteiger partial charge in [-0.05, 0) is 31.4 Å². The van der Waals surface area contributed by atoms with Gasteiger partial charge in [0, 0.05) is 18.8 Å².